The largest absolute Gasteiger partial charge is 0.484 e. The number of urea groups is 1. The molecule has 0 unspecified atom stereocenters. The van der Waals surface area contributed by atoms with Crippen molar-refractivity contribution in [1.82, 2.24) is 10.2 Å². The summed E-state index contributed by atoms with van der Waals surface area (Å²) in [6.07, 6.45) is 0. The quantitative estimate of drug-likeness (QED) is 0.611. The summed E-state index contributed by atoms with van der Waals surface area (Å²) < 4.78 is 5.37. The van der Waals surface area contributed by atoms with E-state index in [0.717, 1.165) is 4.90 Å². The van der Waals surface area contributed by atoms with Crippen LogP contribution in [0.5, 0.6) is 5.75 Å². The van der Waals surface area contributed by atoms with E-state index in [1.54, 1.807) is 42.5 Å². The fraction of sp³-hybridized carbons (Fsp3) is 0.158. The highest BCUT2D eigenvalue weighted by molar-refractivity contribution is 6.01. The van der Waals surface area contributed by atoms with Crippen LogP contribution in [0.4, 0.5) is 10.5 Å². The molecule has 0 aliphatic carbocycles. The Hall–Kier alpha value is -3.88. The second kappa shape index (κ2) is 8.21. The van der Waals surface area contributed by atoms with Gasteiger partial charge in [-0.3, -0.25) is 19.3 Å². The Bertz CT molecular complexity index is 927. The van der Waals surface area contributed by atoms with Crippen LogP contribution < -0.4 is 21.1 Å². The van der Waals surface area contributed by atoms with E-state index < -0.39 is 17.8 Å². The number of imide groups is 1. The number of nitrogens with two attached hydrogens (primary N) is 1. The Labute approximate surface area is 160 Å². The number of amides is 5. The number of carbonyl (C=O) groups excluding carboxylic acids is 4. The number of benzene rings is 2. The van der Waals surface area contributed by atoms with Crippen molar-refractivity contribution < 1.29 is 23.9 Å². The molecule has 4 N–H and O–H groups in total. The van der Waals surface area contributed by atoms with E-state index in [0.29, 0.717) is 17.0 Å². The molecule has 3 rings (SSSR count). The lowest BCUT2D eigenvalue weighted by molar-refractivity contribution is -0.125. The van der Waals surface area contributed by atoms with Crippen molar-refractivity contribution in [3.8, 4) is 5.75 Å². The van der Waals surface area contributed by atoms with Crippen LogP contribution in [0.25, 0.3) is 0 Å². The molecule has 9 nitrogen and oxygen atoms in total. The van der Waals surface area contributed by atoms with Crippen molar-refractivity contribution in [1.29, 1.82) is 0 Å². The number of nitrogens with one attached hydrogen (secondary N) is 2. The summed E-state index contributed by atoms with van der Waals surface area (Å²) in [6.45, 7) is -0.159. The molecular formula is C19H18N4O5. The van der Waals surface area contributed by atoms with E-state index in [-0.39, 0.29) is 31.2 Å². The Kier molecular flexibility index (Phi) is 5.54. The van der Waals surface area contributed by atoms with Gasteiger partial charge in [-0.2, -0.15) is 0 Å². The Morgan fingerprint density at radius 1 is 1.14 bits per heavy atom. The molecule has 1 fully saturated rings. The highest BCUT2D eigenvalue weighted by atomic mass is 16.5. The lowest BCUT2D eigenvalue weighted by atomic mass is 10.2. The molecule has 0 saturated carbocycles. The summed E-state index contributed by atoms with van der Waals surface area (Å²) in [5.41, 5.74) is 6.69. The molecule has 5 amide bonds. The van der Waals surface area contributed by atoms with E-state index in [4.69, 9.17) is 10.5 Å². The summed E-state index contributed by atoms with van der Waals surface area (Å²) in [6, 6.07) is 12.6. The maximum absolute atomic E-state index is 12.1. The van der Waals surface area contributed by atoms with Crippen molar-refractivity contribution in [2.75, 3.05) is 18.5 Å². The molecule has 1 aliphatic rings. The molecular weight excluding hydrogens is 364 g/mol. The molecule has 1 aliphatic heterocycles. The molecule has 0 atom stereocenters. The first kappa shape index (κ1) is 18.9. The molecule has 9 heteroatoms. The topological polar surface area (TPSA) is 131 Å². The van der Waals surface area contributed by atoms with Gasteiger partial charge in [0.25, 0.3) is 5.91 Å². The van der Waals surface area contributed by atoms with Gasteiger partial charge in [0.2, 0.25) is 11.8 Å². The molecule has 2 aromatic rings. The maximum Gasteiger partial charge on any atom is 0.324 e. The SMILES string of the molecule is NC(=O)c1cccc(OCC(=O)Nc2cccc(CN3C(=O)CNC3=O)c2)c1. The van der Waals surface area contributed by atoms with Crippen molar-refractivity contribution in [3.63, 3.8) is 0 Å². The van der Waals surface area contributed by atoms with E-state index in [1.807, 2.05) is 0 Å². The minimum Gasteiger partial charge on any atom is -0.484 e. The number of carbonyl (C=O) groups is 4. The lowest BCUT2D eigenvalue weighted by Crippen LogP contribution is -2.30. The van der Waals surface area contributed by atoms with Crippen LogP contribution in [0.3, 0.4) is 0 Å². The molecule has 0 radical (unpaired) electrons. The monoisotopic (exact) mass is 382 g/mol. The number of hydrogen-bond donors (Lipinski definition) is 3. The Morgan fingerprint density at radius 2 is 1.93 bits per heavy atom. The minimum atomic E-state index is -0.586. The first-order valence-electron chi connectivity index (χ1n) is 8.42. The number of ether oxygens (including phenoxy) is 1. The zero-order chi connectivity index (χ0) is 20.1. The van der Waals surface area contributed by atoms with Crippen molar-refractivity contribution in [2.45, 2.75) is 6.54 Å². The number of primary amides is 1. The first-order chi connectivity index (χ1) is 13.4. The zero-order valence-corrected chi connectivity index (χ0v) is 14.8. The third kappa shape index (κ3) is 4.64. The third-order valence-corrected chi connectivity index (χ3v) is 3.98. The average molecular weight is 382 g/mol. The van der Waals surface area contributed by atoms with Gasteiger partial charge >= 0.3 is 6.03 Å². The van der Waals surface area contributed by atoms with Gasteiger partial charge in [0.15, 0.2) is 6.61 Å². The van der Waals surface area contributed by atoms with Crippen molar-refractivity contribution in [3.05, 3.63) is 59.7 Å². The molecule has 0 bridgehead atoms. The zero-order valence-electron chi connectivity index (χ0n) is 14.8. The van der Waals surface area contributed by atoms with Gasteiger partial charge < -0.3 is 21.1 Å². The maximum atomic E-state index is 12.1. The van der Waals surface area contributed by atoms with Crippen LogP contribution in [0, 0.1) is 0 Å². The number of hydrogen-bond acceptors (Lipinski definition) is 5. The standard InChI is InChI=1S/C19H18N4O5/c20-18(26)13-4-2-6-15(8-13)28-11-16(24)22-14-5-1-3-12(7-14)10-23-17(25)9-21-19(23)27/h1-8H,9-11H2,(H2,20,26)(H,21,27)(H,22,24). The number of anilines is 1. The highest BCUT2D eigenvalue weighted by Crippen LogP contribution is 2.15. The molecule has 2 aromatic carbocycles. The summed E-state index contributed by atoms with van der Waals surface area (Å²) in [7, 11) is 0. The first-order valence-corrected chi connectivity index (χ1v) is 8.42. The summed E-state index contributed by atoms with van der Waals surface area (Å²) in [4.78, 5) is 47.7. The predicted octanol–water partition coefficient (Wildman–Crippen LogP) is 0.855. The van der Waals surface area contributed by atoms with E-state index >= 15 is 0 Å². The molecule has 28 heavy (non-hydrogen) atoms. The van der Waals surface area contributed by atoms with Gasteiger partial charge in [-0.15, -0.1) is 0 Å². The van der Waals surface area contributed by atoms with Crippen LogP contribution in [-0.2, 0) is 16.1 Å². The van der Waals surface area contributed by atoms with Crippen molar-refractivity contribution >= 4 is 29.4 Å². The summed E-state index contributed by atoms with van der Waals surface area (Å²) in [5, 5.41) is 5.13. The van der Waals surface area contributed by atoms with Crippen LogP contribution in [0.2, 0.25) is 0 Å². The normalized spacial score (nSPS) is 13.2. The van der Waals surface area contributed by atoms with E-state index in [2.05, 4.69) is 10.6 Å². The van der Waals surface area contributed by atoms with Gasteiger partial charge in [0, 0.05) is 11.3 Å². The second-order valence-corrected chi connectivity index (χ2v) is 6.07. The Morgan fingerprint density at radius 3 is 2.64 bits per heavy atom. The van der Waals surface area contributed by atoms with Crippen molar-refractivity contribution in [2.24, 2.45) is 5.73 Å². The third-order valence-electron chi connectivity index (χ3n) is 3.98. The van der Waals surface area contributed by atoms with Gasteiger partial charge in [0.1, 0.15) is 5.75 Å². The fourth-order valence-corrected chi connectivity index (χ4v) is 2.63. The van der Waals surface area contributed by atoms with E-state index in [1.165, 1.54) is 6.07 Å². The fourth-order valence-electron chi connectivity index (χ4n) is 2.63. The minimum absolute atomic E-state index is 0.0104. The van der Waals surface area contributed by atoms with Gasteiger partial charge in [0.05, 0.1) is 13.1 Å². The highest BCUT2D eigenvalue weighted by Gasteiger charge is 2.28. The molecule has 1 saturated heterocycles. The predicted molar refractivity (Wildman–Crippen MR) is 99.5 cm³/mol. The van der Waals surface area contributed by atoms with E-state index in [9.17, 15) is 19.2 Å². The average Bonchev–Trinajstić information content (AvgIpc) is 2.99. The van der Waals surface area contributed by atoms with Crippen LogP contribution in [0.15, 0.2) is 48.5 Å². The number of nitrogens with zero attached hydrogens (tertiary/aromatic N) is 1. The van der Waals surface area contributed by atoms with Gasteiger partial charge in [-0.05, 0) is 35.9 Å². The van der Waals surface area contributed by atoms with Crippen LogP contribution in [0.1, 0.15) is 15.9 Å². The second-order valence-electron chi connectivity index (χ2n) is 6.07. The van der Waals surface area contributed by atoms with Gasteiger partial charge in [-0.25, -0.2) is 4.79 Å². The molecule has 144 valence electrons. The van der Waals surface area contributed by atoms with Gasteiger partial charge in [-0.1, -0.05) is 18.2 Å². The molecule has 0 aromatic heterocycles. The number of rotatable bonds is 7. The Balaban J connectivity index is 1.57. The molecule has 0 spiro atoms. The summed E-state index contributed by atoms with van der Waals surface area (Å²) in [5.74, 6) is -0.946. The smallest absolute Gasteiger partial charge is 0.324 e. The lowest BCUT2D eigenvalue weighted by Gasteiger charge is -2.13. The van der Waals surface area contributed by atoms with Crippen LogP contribution >= 0.6 is 0 Å². The summed E-state index contributed by atoms with van der Waals surface area (Å²) >= 11 is 0. The molecule has 1 heterocycles. The van der Waals surface area contributed by atoms with Crippen LogP contribution in [-0.4, -0.2) is 41.8 Å².